The predicted octanol–water partition coefficient (Wildman–Crippen LogP) is 4.08. The van der Waals surface area contributed by atoms with E-state index < -0.39 is 0 Å². The lowest BCUT2D eigenvalue weighted by Crippen LogP contribution is -2.39. The molecule has 29 heavy (non-hydrogen) atoms. The first kappa shape index (κ1) is 19.6. The van der Waals surface area contributed by atoms with Gasteiger partial charge in [-0.1, -0.05) is 12.1 Å². The highest BCUT2D eigenvalue weighted by Crippen LogP contribution is 2.42. The fourth-order valence-corrected chi connectivity index (χ4v) is 5.12. The molecule has 0 radical (unpaired) electrons. The zero-order valence-corrected chi connectivity index (χ0v) is 17.9. The normalized spacial score (nSPS) is 15.1. The molecule has 1 aromatic carbocycles. The van der Waals surface area contributed by atoms with E-state index in [1.54, 1.807) is 11.3 Å². The van der Waals surface area contributed by atoms with Gasteiger partial charge in [-0.05, 0) is 51.3 Å². The highest BCUT2D eigenvalue weighted by atomic mass is 32.1. The molecule has 2 N–H and O–H groups in total. The first-order chi connectivity index (χ1) is 14.0. The van der Waals surface area contributed by atoms with Crippen molar-refractivity contribution in [1.29, 1.82) is 0 Å². The summed E-state index contributed by atoms with van der Waals surface area (Å²) in [4.78, 5) is 25.6. The largest absolute Gasteiger partial charge is 0.494 e. The van der Waals surface area contributed by atoms with Crippen LogP contribution in [-0.2, 0) is 4.79 Å². The Bertz CT molecular complexity index is 1040. The summed E-state index contributed by atoms with van der Waals surface area (Å²) in [5.74, 6) is 2.36. The van der Waals surface area contributed by atoms with Crippen molar-refractivity contribution in [3.63, 3.8) is 0 Å². The van der Waals surface area contributed by atoms with Gasteiger partial charge in [-0.3, -0.25) is 4.79 Å². The second kappa shape index (κ2) is 7.99. The average molecular weight is 411 g/mol. The van der Waals surface area contributed by atoms with Gasteiger partial charge in [-0.25, -0.2) is 9.97 Å². The molecule has 0 spiro atoms. The van der Waals surface area contributed by atoms with Gasteiger partial charge in [0.15, 0.2) is 0 Å². The smallest absolute Gasteiger partial charge is 0.220 e. The predicted molar refractivity (Wildman–Crippen MR) is 118 cm³/mol. The summed E-state index contributed by atoms with van der Waals surface area (Å²) >= 11 is 1.70. The third kappa shape index (κ3) is 3.79. The minimum atomic E-state index is -0.199. The second-order valence-electron chi connectivity index (χ2n) is 7.43. The maximum atomic E-state index is 11.6. The van der Waals surface area contributed by atoms with Crippen LogP contribution in [0.25, 0.3) is 21.3 Å². The number of hydrogen-bond donors (Lipinski definition) is 1. The molecule has 1 aliphatic heterocycles. The van der Waals surface area contributed by atoms with Crippen molar-refractivity contribution in [3.05, 3.63) is 35.0 Å². The summed E-state index contributed by atoms with van der Waals surface area (Å²) in [6, 6.07) is 8.22. The summed E-state index contributed by atoms with van der Waals surface area (Å²) in [5, 5.41) is 1.10. The first-order valence-corrected chi connectivity index (χ1v) is 10.8. The number of carbonyl (C=O) groups is 1. The third-order valence-electron chi connectivity index (χ3n) is 5.47. The van der Waals surface area contributed by atoms with E-state index in [-0.39, 0.29) is 11.8 Å². The lowest BCUT2D eigenvalue weighted by Gasteiger charge is -2.32. The highest BCUT2D eigenvalue weighted by Gasteiger charge is 2.27. The summed E-state index contributed by atoms with van der Waals surface area (Å²) in [6.07, 6.45) is 1.53. The van der Waals surface area contributed by atoms with Gasteiger partial charge in [0.1, 0.15) is 22.2 Å². The number of aryl methyl sites for hydroxylation is 2. The Morgan fingerprint density at radius 2 is 1.90 bits per heavy atom. The Hall–Kier alpha value is -2.67. The Labute approximate surface area is 174 Å². The summed E-state index contributed by atoms with van der Waals surface area (Å²) in [7, 11) is 0. The van der Waals surface area contributed by atoms with Crippen LogP contribution >= 0.6 is 11.3 Å². The quantitative estimate of drug-likeness (QED) is 0.685. The standard InChI is InChI=1S/C22H26N4O2S/c1-4-28-17-7-5-15(6-8-17)18-13(2)29-22-19(18)21(24-14(3)25-22)26-11-9-16(10-12-26)20(23)27/h5-8,16H,4,9-12H2,1-3H3,(H2,23,27). The summed E-state index contributed by atoms with van der Waals surface area (Å²) < 4.78 is 5.59. The zero-order chi connectivity index (χ0) is 20.5. The molecule has 0 unspecified atom stereocenters. The Balaban J connectivity index is 1.78. The van der Waals surface area contributed by atoms with Crippen molar-refractivity contribution in [3.8, 4) is 16.9 Å². The van der Waals surface area contributed by atoms with E-state index >= 15 is 0 Å². The van der Waals surface area contributed by atoms with E-state index in [4.69, 9.17) is 20.4 Å². The fraction of sp³-hybridized carbons (Fsp3) is 0.409. The number of aromatic nitrogens is 2. The maximum Gasteiger partial charge on any atom is 0.220 e. The number of piperidine rings is 1. The van der Waals surface area contributed by atoms with Crippen LogP contribution in [0.5, 0.6) is 5.75 Å². The average Bonchev–Trinajstić information content (AvgIpc) is 3.03. The number of rotatable bonds is 5. The molecule has 2 aromatic heterocycles. The molecule has 3 aromatic rings. The van der Waals surface area contributed by atoms with E-state index in [0.29, 0.717) is 6.61 Å². The van der Waals surface area contributed by atoms with Crippen LogP contribution in [-0.4, -0.2) is 35.6 Å². The van der Waals surface area contributed by atoms with Gasteiger partial charge in [-0.2, -0.15) is 0 Å². The van der Waals surface area contributed by atoms with Gasteiger partial charge in [0, 0.05) is 29.4 Å². The Morgan fingerprint density at radius 3 is 2.52 bits per heavy atom. The molecule has 1 aliphatic rings. The number of benzene rings is 1. The molecular weight excluding hydrogens is 384 g/mol. The maximum absolute atomic E-state index is 11.6. The number of amides is 1. The molecule has 3 heterocycles. The van der Waals surface area contributed by atoms with Gasteiger partial charge in [-0.15, -0.1) is 11.3 Å². The molecule has 7 heteroatoms. The molecule has 1 amide bonds. The van der Waals surface area contributed by atoms with Gasteiger partial charge >= 0.3 is 0 Å². The topological polar surface area (TPSA) is 81.3 Å². The molecule has 0 saturated carbocycles. The summed E-state index contributed by atoms with van der Waals surface area (Å²) in [6.45, 7) is 8.25. The number of nitrogens with zero attached hydrogens (tertiary/aromatic N) is 3. The number of carbonyl (C=O) groups excluding carboxylic acids is 1. The van der Waals surface area contributed by atoms with Crippen LogP contribution in [0, 0.1) is 19.8 Å². The molecule has 6 nitrogen and oxygen atoms in total. The molecule has 0 aliphatic carbocycles. The number of thiophene rings is 1. The van der Waals surface area contributed by atoms with Crippen LogP contribution in [0.1, 0.15) is 30.5 Å². The van der Waals surface area contributed by atoms with E-state index in [0.717, 1.165) is 59.1 Å². The first-order valence-electron chi connectivity index (χ1n) is 10.0. The van der Waals surface area contributed by atoms with Crippen molar-refractivity contribution in [2.45, 2.75) is 33.6 Å². The summed E-state index contributed by atoms with van der Waals surface area (Å²) in [5.41, 5.74) is 7.83. The van der Waals surface area contributed by atoms with Crippen LogP contribution < -0.4 is 15.4 Å². The van der Waals surface area contributed by atoms with Crippen LogP contribution in [0.4, 0.5) is 5.82 Å². The molecule has 4 rings (SSSR count). The molecule has 152 valence electrons. The van der Waals surface area contributed by atoms with E-state index in [9.17, 15) is 4.79 Å². The number of hydrogen-bond acceptors (Lipinski definition) is 6. The lowest BCUT2D eigenvalue weighted by molar-refractivity contribution is -0.122. The molecular formula is C22H26N4O2S. The molecule has 1 saturated heterocycles. The number of anilines is 1. The Kier molecular flexibility index (Phi) is 5.41. The number of ether oxygens (including phenoxy) is 1. The van der Waals surface area contributed by atoms with Gasteiger partial charge < -0.3 is 15.4 Å². The van der Waals surface area contributed by atoms with Crippen molar-refractivity contribution < 1.29 is 9.53 Å². The van der Waals surface area contributed by atoms with Crippen molar-refractivity contribution in [2.75, 3.05) is 24.6 Å². The van der Waals surface area contributed by atoms with E-state index in [2.05, 4.69) is 24.0 Å². The second-order valence-corrected chi connectivity index (χ2v) is 8.63. The van der Waals surface area contributed by atoms with Crippen molar-refractivity contribution in [2.24, 2.45) is 11.7 Å². The minimum Gasteiger partial charge on any atom is -0.494 e. The zero-order valence-electron chi connectivity index (χ0n) is 17.1. The van der Waals surface area contributed by atoms with E-state index in [1.807, 2.05) is 26.0 Å². The Morgan fingerprint density at radius 1 is 1.21 bits per heavy atom. The fourth-order valence-electron chi connectivity index (χ4n) is 4.03. The molecule has 0 atom stereocenters. The minimum absolute atomic E-state index is 0.0422. The number of primary amides is 1. The highest BCUT2D eigenvalue weighted by molar-refractivity contribution is 7.19. The van der Waals surface area contributed by atoms with Crippen molar-refractivity contribution in [1.82, 2.24) is 9.97 Å². The van der Waals surface area contributed by atoms with Gasteiger partial charge in [0.05, 0.1) is 12.0 Å². The van der Waals surface area contributed by atoms with Crippen LogP contribution in [0.3, 0.4) is 0 Å². The van der Waals surface area contributed by atoms with Crippen molar-refractivity contribution >= 4 is 33.3 Å². The third-order valence-corrected chi connectivity index (χ3v) is 6.47. The molecule has 1 fully saturated rings. The van der Waals surface area contributed by atoms with Gasteiger partial charge in [0.2, 0.25) is 5.91 Å². The van der Waals surface area contributed by atoms with Gasteiger partial charge in [0.25, 0.3) is 0 Å². The van der Waals surface area contributed by atoms with Crippen LogP contribution in [0.15, 0.2) is 24.3 Å². The molecule has 0 bridgehead atoms. The number of nitrogens with two attached hydrogens (primary N) is 1. The lowest BCUT2D eigenvalue weighted by atomic mass is 9.95. The monoisotopic (exact) mass is 410 g/mol. The SMILES string of the molecule is CCOc1ccc(-c2c(C)sc3nc(C)nc(N4CCC(C(N)=O)CC4)c23)cc1. The number of fused-ring (bicyclic) bond motifs is 1. The van der Waals surface area contributed by atoms with Crippen LogP contribution in [0.2, 0.25) is 0 Å². The van der Waals surface area contributed by atoms with E-state index in [1.165, 1.54) is 10.4 Å².